The zero-order valence-electron chi connectivity index (χ0n) is 10.8. The number of fused-ring (bicyclic) bond motifs is 1. The van der Waals surface area contributed by atoms with E-state index in [0.717, 1.165) is 20.3 Å². The second kappa shape index (κ2) is 4.57. The Kier molecular flexibility index (Phi) is 2.69. The van der Waals surface area contributed by atoms with Gasteiger partial charge in [-0.25, -0.2) is 19.2 Å². The first-order valence-corrected chi connectivity index (χ1v) is 7.77. The van der Waals surface area contributed by atoms with Gasteiger partial charge in [0.1, 0.15) is 17.0 Å². The van der Waals surface area contributed by atoms with Crippen LogP contribution in [-0.4, -0.2) is 29.4 Å². The van der Waals surface area contributed by atoms with E-state index < -0.39 is 0 Å². The predicted octanol–water partition coefficient (Wildman–Crippen LogP) is 1.67. The van der Waals surface area contributed by atoms with Gasteiger partial charge < -0.3 is 0 Å². The number of hydrogen-bond acceptors (Lipinski definition) is 7. The van der Waals surface area contributed by atoms with Crippen LogP contribution in [0.15, 0.2) is 34.0 Å². The summed E-state index contributed by atoms with van der Waals surface area (Å²) in [7, 11) is 1.55. The van der Waals surface area contributed by atoms with E-state index in [-0.39, 0.29) is 5.69 Å². The molecule has 0 unspecified atom stereocenters. The molecule has 21 heavy (non-hydrogen) atoms. The molecule has 0 spiro atoms. The molecule has 7 nitrogen and oxygen atoms in total. The minimum absolute atomic E-state index is 0.284. The van der Waals surface area contributed by atoms with Gasteiger partial charge in [0.25, 0.3) is 0 Å². The highest BCUT2D eigenvalue weighted by molar-refractivity contribution is 7.15. The average Bonchev–Trinajstić information content (AvgIpc) is 3.20. The standard InChI is InChI=1S/C12H8N6OS2/c1-17-12(19)18-6-13-9(10(18)15-16-17)11-14-7(5-21-11)8-3-2-4-20-8/h2-6H,1H3. The first-order valence-electron chi connectivity index (χ1n) is 6.01. The molecule has 9 heteroatoms. The van der Waals surface area contributed by atoms with Crippen LogP contribution in [0.2, 0.25) is 0 Å². The fourth-order valence-corrected chi connectivity index (χ4v) is 3.52. The zero-order valence-corrected chi connectivity index (χ0v) is 12.4. The lowest BCUT2D eigenvalue weighted by Gasteiger charge is -1.96. The van der Waals surface area contributed by atoms with Crippen LogP contribution in [0.4, 0.5) is 0 Å². The fraction of sp³-hybridized carbons (Fsp3) is 0.0833. The molecule has 0 fully saturated rings. The Balaban J connectivity index is 1.88. The molecule has 4 heterocycles. The Hall–Kier alpha value is -2.39. The summed E-state index contributed by atoms with van der Waals surface area (Å²) in [6.07, 6.45) is 1.45. The quantitative estimate of drug-likeness (QED) is 0.562. The third-order valence-corrected chi connectivity index (χ3v) is 4.72. The Morgan fingerprint density at radius 2 is 2.19 bits per heavy atom. The first-order chi connectivity index (χ1) is 10.2. The molecule has 0 bridgehead atoms. The molecule has 0 atom stereocenters. The van der Waals surface area contributed by atoms with Gasteiger partial charge >= 0.3 is 5.69 Å². The summed E-state index contributed by atoms with van der Waals surface area (Å²) in [5, 5.41) is 12.5. The van der Waals surface area contributed by atoms with Crippen molar-refractivity contribution in [1.29, 1.82) is 0 Å². The van der Waals surface area contributed by atoms with Crippen LogP contribution < -0.4 is 5.69 Å². The van der Waals surface area contributed by atoms with Crippen LogP contribution in [0, 0.1) is 0 Å². The van der Waals surface area contributed by atoms with Gasteiger partial charge in [-0.05, 0) is 11.4 Å². The third kappa shape index (κ3) is 1.89. The maximum atomic E-state index is 11.9. The van der Waals surface area contributed by atoms with E-state index in [0.29, 0.717) is 11.3 Å². The highest BCUT2D eigenvalue weighted by atomic mass is 32.1. The van der Waals surface area contributed by atoms with Crippen LogP contribution in [0.5, 0.6) is 0 Å². The summed E-state index contributed by atoms with van der Waals surface area (Å²) < 4.78 is 2.53. The second-order valence-corrected chi connectivity index (χ2v) is 6.10. The molecule has 4 aromatic heterocycles. The maximum Gasteiger partial charge on any atom is 0.352 e. The van der Waals surface area contributed by atoms with Crippen molar-refractivity contribution >= 4 is 28.3 Å². The Morgan fingerprint density at radius 1 is 1.29 bits per heavy atom. The first kappa shape index (κ1) is 12.4. The zero-order chi connectivity index (χ0) is 14.4. The molecule has 0 aliphatic carbocycles. The number of rotatable bonds is 2. The molecule has 0 saturated heterocycles. The van der Waals surface area contributed by atoms with Crippen molar-refractivity contribution in [3.8, 4) is 21.3 Å². The number of hydrogen-bond donors (Lipinski definition) is 0. The lowest BCUT2D eigenvalue weighted by molar-refractivity contribution is 0.607. The maximum absolute atomic E-state index is 11.9. The molecule has 0 saturated carbocycles. The van der Waals surface area contributed by atoms with E-state index in [9.17, 15) is 4.79 Å². The molecule has 4 rings (SSSR count). The summed E-state index contributed by atoms with van der Waals surface area (Å²) in [6, 6.07) is 4.00. The van der Waals surface area contributed by atoms with Crippen molar-refractivity contribution in [1.82, 2.24) is 29.4 Å². The number of aryl methyl sites for hydroxylation is 1. The lowest BCUT2D eigenvalue weighted by Crippen LogP contribution is -2.26. The van der Waals surface area contributed by atoms with E-state index in [1.165, 1.54) is 22.1 Å². The van der Waals surface area contributed by atoms with Crippen molar-refractivity contribution in [2.75, 3.05) is 0 Å². The molecule has 0 amide bonds. The van der Waals surface area contributed by atoms with Crippen LogP contribution in [0.3, 0.4) is 0 Å². The summed E-state index contributed by atoms with van der Waals surface area (Å²) in [6.45, 7) is 0. The van der Waals surface area contributed by atoms with E-state index in [4.69, 9.17) is 0 Å². The molecule has 0 aromatic carbocycles. The second-order valence-electron chi connectivity index (χ2n) is 4.30. The monoisotopic (exact) mass is 316 g/mol. The molecular weight excluding hydrogens is 308 g/mol. The average molecular weight is 316 g/mol. The number of thiazole rings is 1. The summed E-state index contributed by atoms with van der Waals surface area (Å²) in [5.41, 5.74) is 1.62. The number of thiophene rings is 1. The smallest absolute Gasteiger partial charge is 0.245 e. The van der Waals surface area contributed by atoms with Crippen molar-refractivity contribution in [3.63, 3.8) is 0 Å². The lowest BCUT2D eigenvalue weighted by atomic mass is 10.4. The van der Waals surface area contributed by atoms with E-state index in [1.54, 1.807) is 18.4 Å². The van der Waals surface area contributed by atoms with Crippen molar-refractivity contribution in [2.24, 2.45) is 7.05 Å². The predicted molar refractivity (Wildman–Crippen MR) is 80.4 cm³/mol. The van der Waals surface area contributed by atoms with Crippen LogP contribution in [0.25, 0.3) is 26.9 Å². The van der Waals surface area contributed by atoms with Crippen molar-refractivity contribution in [2.45, 2.75) is 0 Å². The van der Waals surface area contributed by atoms with Gasteiger partial charge in [-0.2, -0.15) is 4.68 Å². The third-order valence-electron chi connectivity index (χ3n) is 2.98. The van der Waals surface area contributed by atoms with E-state index in [2.05, 4.69) is 20.3 Å². The minimum atomic E-state index is -0.284. The summed E-state index contributed by atoms with van der Waals surface area (Å²) in [5.74, 6) is 0. The molecule has 104 valence electrons. The summed E-state index contributed by atoms with van der Waals surface area (Å²) in [4.78, 5) is 21.9. The van der Waals surface area contributed by atoms with Crippen LogP contribution in [-0.2, 0) is 7.05 Å². The number of nitrogens with zero attached hydrogens (tertiary/aromatic N) is 6. The fourth-order valence-electron chi connectivity index (χ4n) is 1.95. The molecule has 0 aliphatic heterocycles. The minimum Gasteiger partial charge on any atom is -0.245 e. The Morgan fingerprint density at radius 3 is 3.00 bits per heavy atom. The summed E-state index contributed by atoms with van der Waals surface area (Å²) >= 11 is 3.11. The van der Waals surface area contributed by atoms with Crippen molar-refractivity contribution < 1.29 is 0 Å². The van der Waals surface area contributed by atoms with Gasteiger partial charge in [0, 0.05) is 12.4 Å². The normalized spacial score (nSPS) is 11.3. The molecule has 0 N–H and O–H groups in total. The Bertz CT molecular complexity index is 981. The highest BCUT2D eigenvalue weighted by Gasteiger charge is 2.15. The van der Waals surface area contributed by atoms with Crippen LogP contribution in [0.1, 0.15) is 0 Å². The SMILES string of the molecule is Cn1nnc2c(-c3nc(-c4cccs4)cs3)ncn2c1=O. The van der Waals surface area contributed by atoms with Gasteiger partial charge in [0.05, 0.1) is 10.6 Å². The van der Waals surface area contributed by atoms with Gasteiger partial charge in [-0.15, -0.1) is 27.8 Å². The van der Waals surface area contributed by atoms with Crippen LogP contribution >= 0.6 is 22.7 Å². The number of aromatic nitrogens is 6. The van der Waals surface area contributed by atoms with E-state index in [1.807, 2.05) is 22.9 Å². The molecule has 0 aliphatic rings. The largest absolute Gasteiger partial charge is 0.352 e. The topological polar surface area (TPSA) is 78.0 Å². The van der Waals surface area contributed by atoms with Crippen molar-refractivity contribution in [3.05, 3.63) is 39.7 Å². The Labute approximate surface area is 126 Å². The van der Waals surface area contributed by atoms with Gasteiger partial charge in [0.15, 0.2) is 5.65 Å². The van der Waals surface area contributed by atoms with Gasteiger partial charge in [-0.1, -0.05) is 11.3 Å². The number of imidazole rings is 1. The molecular formula is C12H8N6OS2. The van der Waals surface area contributed by atoms with Gasteiger partial charge in [0.2, 0.25) is 0 Å². The van der Waals surface area contributed by atoms with Gasteiger partial charge in [-0.3, -0.25) is 0 Å². The van der Waals surface area contributed by atoms with E-state index >= 15 is 0 Å². The molecule has 4 aromatic rings. The highest BCUT2D eigenvalue weighted by Crippen LogP contribution is 2.31. The molecule has 0 radical (unpaired) electrons.